The zero-order chi connectivity index (χ0) is 15.4. The lowest BCUT2D eigenvalue weighted by molar-refractivity contribution is 0.0635. The fraction of sp³-hybridized carbons (Fsp3) is 0.316. The minimum Gasteiger partial charge on any atom is -0.457 e. The Balaban J connectivity index is 1.69. The van der Waals surface area contributed by atoms with Gasteiger partial charge in [-0.3, -0.25) is 4.79 Å². The van der Waals surface area contributed by atoms with Gasteiger partial charge in [0.15, 0.2) is 0 Å². The SMILES string of the molecule is CC1CCCCN1C(=O)c1ccc(Oc2ccccc2)cc1. The van der Waals surface area contributed by atoms with Crippen LogP contribution in [0.4, 0.5) is 0 Å². The zero-order valence-electron chi connectivity index (χ0n) is 12.9. The number of carbonyl (C=O) groups excluding carboxylic acids is 1. The summed E-state index contributed by atoms with van der Waals surface area (Å²) < 4.78 is 5.75. The van der Waals surface area contributed by atoms with Crippen LogP contribution in [0.2, 0.25) is 0 Å². The molecule has 0 aliphatic carbocycles. The van der Waals surface area contributed by atoms with Gasteiger partial charge in [0.1, 0.15) is 11.5 Å². The van der Waals surface area contributed by atoms with E-state index in [0.717, 1.165) is 36.4 Å². The molecule has 22 heavy (non-hydrogen) atoms. The number of ether oxygens (including phenoxy) is 1. The minimum absolute atomic E-state index is 0.124. The van der Waals surface area contributed by atoms with Crippen LogP contribution in [-0.4, -0.2) is 23.4 Å². The normalized spacial score (nSPS) is 18.0. The molecule has 1 aliphatic rings. The summed E-state index contributed by atoms with van der Waals surface area (Å²) in [4.78, 5) is 14.5. The molecule has 1 saturated heterocycles. The van der Waals surface area contributed by atoms with E-state index in [9.17, 15) is 4.79 Å². The highest BCUT2D eigenvalue weighted by Gasteiger charge is 2.23. The number of amides is 1. The molecule has 114 valence electrons. The van der Waals surface area contributed by atoms with Crippen LogP contribution < -0.4 is 4.74 Å². The van der Waals surface area contributed by atoms with E-state index < -0.39 is 0 Å². The summed E-state index contributed by atoms with van der Waals surface area (Å²) in [6, 6.07) is 17.4. The third kappa shape index (κ3) is 3.30. The van der Waals surface area contributed by atoms with Crippen LogP contribution >= 0.6 is 0 Å². The molecule has 0 radical (unpaired) electrons. The van der Waals surface area contributed by atoms with Gasteiger partial charge in [-0.15, -0.1) is 0 Å². The van der Waals surface area contributed by atoms with Crippen molar-refractivity contribution in [2.24, 2.45) is 0 Å². The zero-order valence-corrected chi connectivity index (χ0v) is 12.9. The molecule has 2 aromatic carbocycles. The van der Waals surface area contributed by atoms with Crippen molar-refractivity contribution in [2.45, 2.75) is 32.2 Å². The molecule has 2 aromatic rings. The molecule has 0 N–H and O–H groups in total. The predicted octanol–water partition coefficient (Wildman–Crippen LogP) is 4.49. The third-order valence-electron chi connectivity index (χ3n) is 4.14. The molecule has 1 fully saturated rings. The average Bonchev–Trinajstić information content (AvgIpc) is 2.56. The van der Waals surface area contributed by atoms with Gasteiger partial charge >= 0.3 is 0 Å². The van der Waals surface area contributed by atoms with E-state index in [0.29, 0.717) is 6.04 Å². The smallest absolute Gasteiger partial charge is 0.254 e. The molecule has 0 saturated carbocycles. The van der Waals surface area contributed by atoms with Crippen LogP contribution in [0.25, 0.3) is 0 Å². The van der Waals surface area contributed by atoms with Crippen LogP contribution in [0, 0.1) is 0 Å². The topological polar surface area (TPSA) is 29.5 Å². The van der Waals surface area contributed by atoms with Crippen molar-refractivity contribution in [3.05, 3.63) is 60.2 Å². The van der Waals surface area contributed by atoms with E-state index in [1.54, 1.807) is 0 Å². The van der Waals surface area contributed by atoms with Crippen molar-refractivity contribution in [1.29, 1.82) is 0 Å². The van der Waals surface area contributed by atoms with E-state index in [4.69, 9.17) is 4.74 Å². The largest absolute Gasteiger partial charge is 0.457 e. The first-order chi connectivity index (χ1) is 10.7. The highest BCUT2D eigenvalue weighted by molar-refractivity contribution is 5.94. The van der Waals surface area contributed by atoms with E-state index in [-0.39, 0.29) is 5.91 Å². The highest BCUT2D eigenvalue weighted by atomic mass is 16.5. The Bertz CT molecular complexity index is 622. The lowest BCUT2D eigenvalue weighted by Gasteiger charge is -2.33. The molecule has 1 atom stereocenters. The number of nitrogens with zero attached hydrogens (tertiary/aromatic N) is 1. The van der Waals surface area contributed by atoms with Crippen molar-refractivity contribution < 1.29 is 9.53 Å². The second-order valence-electron chi connectivity index (χ2n) is 5.78. The number of hydrogen-bond acceptors (Lipinski definition) is 2. The number of rotatable bonds is 3. The van der Waals surface area contributed by atoms with Crippen LogP contribution in [0.5, 0.6) is 11.5 Å². The Hall–Kier alpha value is -2.29. The summed E-state index contributed by atoms with van der Waals surface area (Å²) in [6.07, 6.45) is 3.42. The van der Waals surface area contributed by atoms with Crippen molar-refractivity contribution in [2.75, 3.05) is 6.54 Å². The fourth-order valence-electron chi connectivity index (χ4n) is 2.86. The molecule has 1 heterocycles. The van der Waals surface area contributed by atoms with Crippen molar-refractivity contribution in [1.82, 2.24) is 4.90 Å². The van der Waals surface area contributed by atoms with Crippen LogP contribution in [0.1, 0.15) is 36.5 Å². The van der Waals surface area contributed by atoms with Crippen molar-refractivity contribution >= 4 is 5.91 Å². The highest BCUT2D eigenvalue weighted by Crippen LogP contribution is 2.23. The molecule has 0 aromatic heterocycles. The molecule has 1 unspecified atom stereocenters. The van der Waals surface area contributed by atoms with Gasteiger partial charge in [0.2, 0.25) is 0 Å². The fourth-order valence-corrected chi connectivity index (χ4v) is 2.86. The van der Waals surface area contributed by atoms with Gasteiger partial charge in [0.05, 0.1) is 0 Å². The molecule has 1 aliphatic heterocycles. The maximum atomic E-state index is 12.6. The maximum Gasteiger partial charge on any atom is 0.254 e. The first-order valence-electron chi connectivity index (χ1n) is 7.88. The van der Waals surface area contributed by atoms with Gasteiger partial charge in [-0.25, -0.2) is 0 Å². The van der Waals surface area contributed by atoms with E-state index >= 15 is 0 Å². The summed E-state index contributed by atoms with van der Waals surface area (Å²) in [5.74, 6) is 1.67. The van der Waals surface area contributed by atoms with Gasteiger partial charge in [-0.2, -0.15) is 0 Å². The molecular weight excluding hydrogens is 274 g/mol. The predicted molar refractivity (Wildman–Crippen MR) is 87.3 cm³/mol. The standard InChI is InChI=1S/C19H21NO2/c1-15-7-5-6-14-20(15)19(21)16-10-12-18(13-11-16)22-17-8-3-2-4-9-17/h2-4,8-13,15H,5-7,14H2,1H3. The molecule has 3 heteroatoms. The second kappa shape index (κ2) is 6.65. The summed E-state index contributed by atoms with van der Waals surface area (Å²) >= 11 is 0. The molecular formula is C19H21NO2. The molecule has 3 rings (SSSR count). The van der Waals surface area contributed by atoms with Gasteiger partial charge in [0.25, 0.3) is 5.91 Å². The Morgan fingerprint density at radius 2 is 1.68 bits per heavy atom. The first-order valence-corrected chi connectivity index (χ1v) is 7.88. The van der Waals surface area contributed by atoms with E-state index in [2.05, 4.69) is 6.92 Å². The number of likely N-dealkylation sites (tertiary alicyclic amines) is 1. The molecule has 0 bridgehead atoms. The monoisotopic (exact) mass is 295 g/mol. The summed E-state index contributed by atoms with van der Waals surface area (Å²) in [5, 5.41) is 0. The Morgan fingerprint density at radius 1 is 1.00 bits per heavy atom. The van der Waals surface area contributed by atoms with Gasteiger partial charge in [-0.05, 0) is 62.6 Å². The summed E-state index contributed by atoms with van der Waals surface area (Å²) in [6.45, 7) is 2.99. The maximum absolute atomic E-state index is 12.6. The number of piperidine rings is 1. The quantitative estimate of drug-likeness (QED) is 0.834. The molecule has 0 spiro atoms. The van der Waals surface area contributed by atoms with Crippen LogP contribution in [0.15, 0.2) is 54.6 Å². The lowest BCUT2D eigenvalue weighted by Crippen LogP contribution is -2.41. The van der Waals surface area contributed by atoms with Gasteiger partial charge in [-0.1, -0.05) is 18.2 Å². The third-order valence-corrected chi connectivity index (χ3v) is 4.14. The lowest BCUT2D eigenvalue weighted by atomic mass is 10.0. The van der Waals surface area contributed by atoms with Crippen molar-refractivity contribution in [3.63, 3.8) is 0 Å². The van der Waals surface area contributed by atoms with Crippen LogP contribution in [-0.2, 0) is 0 Å². The molecule has 3 nitrogen and oxygen atoms in total. The van der Waals surface area contributed by atoms with E-state index in [1.165, 1.54) is 6.42 Å². The number of hydrogen-bond donors (Lipinski definition) is 0. The van der Waals surface area contributed by atoms with Gasteiger partial charge in [0, 0.05) is 18.2 Å². The summed E-state index contributed by atoms with van der Waals surface area (Å²) in [7, 11) is 0. The molecule has 1 amide bonds. The number of carbonyl (C=O) groups is 1. The van der Waals surface area contributed by atoms with Gasteiger partial charge < -0.3 is 9.64 Å². The van der Waals surface area contributed by atoms with Crippen molar-refractivity contribution in [3.8, 4) is 11.5 Å². The number of para-hydroxylation sites is 1. The Kier molecular flexibility index (Phi) is 4.42. The van der Waals surface area contributed by atoms with Crippen LogP contribution in [0.3, 0.4) is 0 Å². The summed E-state index contributed by atoms with van der Waals surface area (Å²) in [5.41, 5.74) is 0.731. The second-order valence-corrected chi connectivity index (χ2v) is 5.78. The first kappa shape index (κ1) is 14.6. The van der Waals surface area contributed by atoms with E-state index in [1.807, 2.05) is 59.5 Å². The Morgan fingerprint density at radius 3 is 2.36 bits per heavy atom. The minimum atomic E-state index is 0.124. The number of benzene rings is 2. The average molecular weight is 295 g/mol. The Labute approximate surface area is 131 Å².